The smallest absolute Gasteiger partial charge is 0.278 e. The lowest BCUT2D eigenvalue weighted by molar-refractivity contribution is 0.235. The molecule has 1 aromatic rings. The Morgan fingerprint density at radius 3 is 2.59 bits per heavy atom. The van der Waals surface area contributed by atoms with E-state index in [1.54, 1.807) is 24.3 Å². The van der Waals surface area contributed by atoms with Crippen LogP contribution in [0, 0.1) is 0 Å². The van der Waals surface area contributed by atoms with Gasteiger partial charge in [-0.2, -0.15) is 14.2 Å². The van der Waals surface area contributed by atoms with Crippen LogP contribution in [-0.4, -0.2) is 21.0 Å². The molecule has 0 saturated carbocycles. The van der Waals surface area contributed by atoms with Gasteiger partial charge in [0, 0.05) is 17.6 Å². The summed E-state index contributed by atoms with van der Waals surface area (Å²) in [5, 5.41) is 0. The van der Waals surface area contributed by atoms with E-state index in [1.165, 1.54) is 4.90 Å². The van der Waals surface area contributed by atoms with Crippen LogP contribution < -0.4 is 10.3 Å². The van der Waals surface area contributed by atoms with Crippen LogP contribution in [0.25, 0.3) is 0 Å². The number of para-hydroxylation sites is 1. The first kappa shape index (κ1) is 12.8. The SMILES string of the molecule is O=C1N(SC(F)(Cl)Cl)NCN1c1ccccc1. The largest absolute Gasteiger partial charge is 0.350 e. The fourth-order valence-electron chi connectivity index (χ4n) is 1.36. The highest BCUT2D eigenvalue weighted by molar-refractivity contribution is 8.01. The summed E-state index contributed by atoms with van der Waals surface area (Å²) < 4.78 is 11.4. The highest BCUT2D eigenvalue weighted by Gasteiger charge is 2.37. The van der Waals surface area contributed by atoms with Gasteiger partial charge >= 0.3 is 9.95 Å². The van der Waals surface area contributed by atoms with E-state index in [4.69, 9.17) is 23.2 Å². The van der Waals surface area contributed by atoms with Crippen molar-refractivity contribution in [2.45, 2.75) is 3.92 Å². The topological polar surface area (TPSA) is 35.6 Å². The third-order valence-electron chi connectivity index (χ3n) is 2.04. The monoisotopic (exact) mass is 295 g/mol. The number of anilines is 1. The molecule has 0 radical (unpaired) electrons. The summed E-state index contributed by atoms with van der Waals surface area (Å²) >= 11 is 10.7. The average molecular weight is 296 g/mol. The first-order valence-electron chi connectivity index (χ1n) is 4.63. The summed E-state index contributed by atoms with van der Waals surface area (Å²) in [7, 11) is 0. The summed E-state index contributed by atoms with van der Waals surface area (Å²) in [6, 6.07) is 8.58. The van der Waals surface area contributed by atoms with Gasteiger partial charge in [-0.05, 0) is 12.1 Å². The van der Waals surface area contributed by atoms with Crippen molar-refractivity contribution in [3.05, 3.63) is 30.3 Å². The summed E-state index contributed by atoms with van der Waals surface area (Å²) in [4.78, 5) is 13.3. The van der Waals surface area contributed by atoms with E-state index in [2.05, 4.69) is 5.43 Å². The summed E-state index contributed by atoms with van der Waals surface area (Å²) in [6.45, 7) is 0.236. The third kappa shape index (κ3) is 3.16. The molecule has 1 fully saturated rings. The zero-order valence-corrected chi connectivity index (χ0v) is 10.8. The van der Waals surface area contributed by atoms with Crippen molar-refractivity contribution in [1.82, 2.24) is 9.84 Å². The Hall–Kier alpha value is -0.690. The molecule has 0 aromatic heterocycles. The Bertz CT molecular complexity index is 414. The Morgan fingerprint density at radius 1 is 1.35 bits per heavy atom. The number of urea groups is 1. The Labute approximate surface area is 112 Å². The summed E-state index contributed by atoms with van der Waals surface area (Å²) in [5.74, 6) is 0. The summed E-state index contributed by atoms with van der Waals surface area (Å²) in [6.07, 6.45) is 0. The van der Waals surface area contributed by atoms with Gasteiger partial charge in [-0.3, -0.25) is 4.90 Å². The molecule has 0 atom stereocenters. The molecule has 17 heavy (non-hydrogen) atoms. The molecule has 2 amide bonds. The Balaban J connectivity index is 2.08. The van der Waals surface area contributed by atoms with Gasteiger partial charge < -0.3 is 0 Å². The third-order valence-corrected chi connectivity index (χ3v) is 3.13. The molecule has 1 saturated heterocycles. The number of nitrogens with zero attached hydrogens (tertiary/aromatic N) is 2. The lowest BCUT2D eigenvalue weighted by Crippen LogP contribution is -2.31. The lowest BCUT2D eigenvalue weighted by atomic mass is 10.3. The van der Waals surface area contributed by atoms with E-state index < -0.39 is 9.95 Å². The van der Waals surface area contributed by atoms with Crippen LogP contribution in [-0.2, 0) is 0 Å². The molecule has 1 heterocycles. The zero-order valence-electron chi connectivity index (χ0n) is 8.44. The van der Waals surface area contributed by atoms with Crippen LogP contribution in [0.15, 0.2) is 30.3 Å². The zero-order chi connectivity index (χ0) is 12.5. The van der Waals surface area contributed by atoms with E-state index >= 15 is 0 Å². The minimum absolute atomic E-state index is 0.236. The molecule has 2 rings (SSSR count). The highest BCUT2D eigenvalue weighted by Crippen LogP contribution is 2.39. The van der Waals surface area contributed by atoms with Crippen LogP contribution in [0.1, 0.15) is 0 Å². The minimum Gasteiger partial charge on any atom is -0.278 e. The van der Waals surface area contributed by atoms with Crippen LogP contribution in [0.5, 0.6) is 0 Å². The number of rotatable bonds is 3. The number of benzene rings is 1. The van der Waals surface area contributed by atoms with Crippen molar-refractivity contribution in [2.24, 2.45) is 0 Å². The lowest BCUT2D eigenvalue weighted by Gasteiger charge is -2.18. The molecule has 0 unspecified atom stereocenters. The second-order valence-corrected chi connectivity index (χ2v) is 5.99. The van der Waals surface area contributed by atoms with Gasteiger partial charge in [-0.1, -0.05) is 41.4 Å². The summed E-state index contributed by atoms with van der Waals surface area (Å²) in [5.41, 5.74) is 3.39. The van der Waals surface area contributed by atoms with Crippen molar-refractivity contribution in [2.75, 3.05) is 11.6 Å². The number of hydrazine groups is 1. The molecule has 8 heteroatoms. The first-order chi connectivity index (χ1) is 7.97. The second kappa shape index (κ2) is 4.89. The van der Waals surface area contributed by atoms with Crippen LogP contribution >= 0.6 is 35.1 Å². The predicted molar refractivity (Wildman–Crippen MR) is 67.3 cm³/mol. The van der Waals surface area contributed by atoms with Crippen molar-refractivity contribution in [1.29, 1.82) is 0 Å². The Morgan fingerprint density at radius 2 is 2.00 bits per heavy atom. The highest BCUT2D eigenvalue weighted by atomic mass is 35.5. The second-order valence-electron chi connectivity index (χ2n) is 3.19. The number of carbonyl (C=O) groups is 1. The van der Waals surface area contributed by atoms with Crippen molar-refractivity contribution in [3.8, 4) is 0 Å². The molecule has 1 N–H and O–H groups in total. The standard InChI is InChI=1S/C9H8Cl2FN3OS/c10-9(11,12)17-15-8(16)14(6-13-15)7-4-2-1-3-5-7/h1-5,13H,6H2. The quantitative estimate of drug-likeness (QED) is 0.687. The maximum atomic E-state index is 13.0. The molecule has 1 aliphatic heterocycles. The normalized spacial score (nSPS) is 16.8. The predicted octanol–water partition coefficient (Wildman–Crippen LogP) is 3.10. The molecular weight excluding hydrogens is 288 g/mol. The van der Waals surface area contributed by atoms with Crippen molar-refractivity contribution in [3.63, 3.8) is 0 Å². The van der Waals surface area contributed by atoms with E-state index in [9.17, 15) is 9.18 Å². The van der Waals surface area contributed by atoms with Gasteiger partial charge in [0.05, 0.1) is 6.67 Å². The van der Waals surface area contributed by atoms with Gasteiger partial charge in [-0.25, -0.2) is 4.79 Å². The van der Waals surface area contributed by atoms with E-state index in [0.717, 1.165) is 4.41 Å². The average Bonchev–Trinajstić information content (AvgIpc) is 2.60. The fourth-order valence-corrected chi connectivity index (χ4v) is 2.28. The van der Waals surface area contributed by atoms with Crippen molar-refractivity contribution < 1.29 is 9.18 Å². The minimum atomic E-state index is -2.55. The molecule has 1 aromatic carbocycles. The van der Waals surface area contributed by atoms with Crippen molar-refractivity contribution >= 4 is 46.9 Å². The first-order valence-corrected chi connectivity index (χ1v) is 6.16. The molecule has 92 valence electrons. The number of carbonyl (C=O) groups excluding carboxylic acids is 1. The van der Waals surface area contributed by atoms with Crippen LogP contribution in [0.4, 0.5) is 14.9 Å². The number of alkyl halides is 3. The number of nitrogens with one attached hydrogen (secondary N) is 1. The molecule has 0 spiro atoms. The molecule has 1 aliphatic rings. The number of hydrogen-bond acceptors (Lipinski definition) is 3. The Kier molecular flexibility index (Phi) is 3.67. The van der Waals surface area contributed by atoms with Crippen LogP contribution in [0.2, 0.25) is 0 Å². The van der Waals surface area contributed by atoms with E-state index in [0.29, 0.717) is 17.6 Å². The molecule has 0 aliphatic carbocycles. The van der Waals surface area contributed by atoms with E-state index in [1.807, 2.05) is 6.07 Å². The number of amides is 2. The van der Waals surface area contributed by atoms with Gasteiger partial charge in [-0.15, -0.1) is 0 Å². The fraction of sp³-hybridized carbons (Fsp3) is 0.222. The number of hydrogen-bond donors (Lipinski definition) is 1. The van der Waals surface area contributed by atoms with Gasteiger partial charge in [0.25, 0.3) is 0 Å². The van der Waals surface area contributed by atoms with Gasteiger partial charge in [0.15, 0.2) is 0 Å². The van der Waals surface area contributed by atoms with Gasteiger partial charge in [0.1, 0.15) is 0 Å². The molecular formula is C9H8Cl2FN3OS. The number of halogens is 3. The van der Waals surface area contributed by atoms with E-state index in [-0.39, 0.29) is 6.67 Å². The maximum absolute atomic E-state index is 13.0. The van der Waals surface area contributed by atoms with Gasteiger partial charge in [0.2, 0.25) is 0 Å². The maximum Gasteiger partial charge on any atom is 0.350 e. The molecule has 0 bridgehead atoms. The molecule has 4 nitrogen and oxygen atoms in total. The van der Waals surface area contributed by atoms with Crippen LogP contribution in [0.3, 0.4) is 0 Å².